The maximum atomic E-state index is 13.0. The van der Waals surface area contributed by atoms with Gasteiger partial charge in [-0.2, -0.15) is 0 Å². The average Bonchev–Trinajstić information content (AvgIpc) is 3.18. The highest BCUT2D eigenvalue weighted by atomic mass is 35.5. The quantitative estimate of drug-likeness (QED) is 0.583. The molecule has 0 bridgehead atoms. The number of pyridine rings is 2. The largest absolute Gasteiger partial charge is 0.444 e. The van der Waals surface area contributed by atoms with Crippen LogP contribution in [-0.4, -0.2) is 48.8 Å². The van der Waals surface area contributed by atoms with Crippen LogP contribution < -0.4 is 5.69 Å². The van der Waals surface area contributed by atoms with Crippen molar-refractivity contribution in [1.29, 1.82) is 0 Å². The number of fused-ring (bicyclic) bond motifs is 3. The van der Waals surface area contributed by atoms with Gasteiger partial charge in [0.25, 0.3) is 0 Å². The summed E-state index contributed by atoms with van der Waals surface area (Å²) in [7, 11) is 1.71. The van der Waals surface area contributed by atoms with E-state index in [0.29, 0.717) is 46.7 Å². The molecule has 148 valence electrons. The van der Waals surface area contributed by atoms with Gasteiger partial charge >= 0.3 is 11.8 Å². The van der Waals surface area contributed by atoms with E-state index in [1.165, 1.54) is 0 Å². The number of carbonyl (C=O) groups excluding carboxylic acids is 1. The molecule has 0 spiro atoms. The van der Waals surface area contributed by atoms with Crippen LogP contribution in [0.2, 0.25) is 5.15 Å². The molecule has 1 aliphatic rings. The molecule has 9 heteroatoms. The first-order valence-electron chi connectivity index (χ1n) is 9.16. The van der Waals surface area contributed by atoms with Gasteiger partial charge in [0.15, 0.2) is 0 Å². The zero-order valence-corrected chi connectivity index (χ0v) is 17.0. The second-order valence-corrected chi connectivity index (χ2v) is 8.46. The predicted octanol–water partition coefficient (Wildman–Crippen LogP) is 3.12. The summed E-state index contributed by atoms with van der Waals surface area (Å²) in [4.78, 5) is 35.9. The number of likely N-dealkylation sites (tertiary alicyclic amines) is 1. The van der Waals surface area contributed by atoms with Crippen LogP contribution in [0.15, 0.2) is 23.1 Å². The van der Waals surface area contributed by atoms with Gasteiger partial charge in [0.1, 0.15) is 16.3 Å². The Bertz CT molecular complexity index is 1140. The number of halogens is 1. The SMILES string of the molecule is Cn1c(=O)n([C@H]2CCN(C(=O)OC(C)(C)C)C2)c2c3nc(Cl)ccc3ncc21. The Labute approximate surface area is 166 Å². The van der Waals surface area contributed by atoms with Crippen LogP contribution in [0.1, 0.15) is 33.2 Å². The lowest BCUT2D eigenvalue weighted by Crippen LogP contribution is -2.36. The first kappa shape index (κ1) is 18.7. The minimum atomic E-state index is -0.562. The Morgan fingerprint density at radius 2 is 2.07 bits per heavy atom. The minimum Gasteiger partial charge on any atom is -0.444 e. The van der Waals surface area contributed by atoms with E-state index in [1.807, 2.05) is 20.8 Å². The van der Waals surface area contributed by atoms with Crippen LogP contribution in [-0.2, 0) is 11.8 Å². The van der Waals surface area contributed by atoms with E-state index in [1.54, 1.807) is 39.4 Å². The van der Waals surface area contributed by atoms with Crippen molar-refractivity contribution in [2.24, 2.45) is 7.05 Å². The van der Waals surface area contributed by atoms with E-state index >= 15 is 0 Å². The van der Waals surface area contributed by atoms with Crippen LogP contribution >= 0.6 is 11.6 Å². The van der Waals surface area contributed by atoms with Gasteiger partial charge in [-0.05, 0) is 39.3 Å². The molecule has 0 aliphatic carbocycles. The van der Waals surface area contributed by atoms with E-state index in [0.717, 1.165) is 0 Å². The zero-order chi connectivity index (χ0) is 20.2. The van der Waals surface area contributed by atoms with Crippen molar-refractivity contribution < 1.29 is 9.53 Å². The molecule has 3 aromatic heterocycles. The number of rotatable bonds is 1. The van der Waals surface area contributed by atoms with Gasteiger partial charge in [-0.3, -0.25) is 14.1 Å². The van der Waals surface area contributed by atoms with Gasteiger partial charge in [0, 0.05) is 20.1 Å². The maximum absolute atomic E-state index is 13.0. The standard InChI is InChI=1S/C19H22ClN5O3/c1-19(2,3)28-18(27)24-8-7-11(10-24)25-16-13(23(4)17(25)26)9-21-12-5-6-14(20)22-15(12)16/h5-6,9,11H,7-8,10H2,1-4H3/t11-/m0/s1. The number of aromatic nitrogens is 4. The van der Waals surface area contributed by atoms with Crippen LogP contribution in [0.4, 0.5) is 4.79 Å². The van der Waals surface area contributed by atoms with Crippen LogP contribution in [0, 0.1) is 0 Å². The fourth-order valence-corrected chi connectivity index (χ4v) is 3.79. The molecule has 0 N–H and O–H groups in total. The highest BCUT2D eigenvalue weighted by Crippen LogP contribution is 2.29. The molecule has 1 fully saturated rings. The molecule has 1 aliphatic heterocycles. The van der Waals surface area contributed by atoms with Crippen molar-refractivity contribution in [3.63, 3.8) is 0 Å². The molecular weight excluding hydrogens is 382 g/mol. The minimum absolute atomic E-state index is 0.165. The molecule has 0 radical (unpaired) electrons. The predicted molar refractivity (Wildman–Crippen MR) is 107 cm³/mol. The number of carbonyl (C=O) groups is 1. The lowest BCUT2D eigenvalue weighted by Gasteiger charge is -2.24. The molecule has 4 rings (SSSR count). The van der Waals surface area contributed by atoms with Gasteiger partial charge in [-0.1, -0.05) is 11.6 Å². The third-order valence-electron chi connectivity index (χ3n) is 4.91. The summed E-state index contributed by atoms with van der Waals surface area (Å²) >= 11 is 6.10. The third kappa shape index (κ3) is 3.11. The fraction of sp³-hybridized carbons (Fsp3) is 0.474. The van der Waals surface area contributed by atoms with Gasteiger partial charge in [0.05, 0.1) is 28.8 Å². The Kier molecular flexibility index (Phi) is 4.33. The third-order valence-corrected chi connectivity index (χ3v) is 5.12. The molecule has 3 aromatic rings. The Morgan fingerprint density at radius 3 is 2.79 bits per heavy atom. The molecule has 1 atom stereocenters. The number of hydrogen-bond donors (Lipinski definition) is 0. The van der Waals surface area contributed by atoms with E-state index < -0.39 is 5.60 Å². The smallest absolute Gasteiger partial charge is 0.410 e. The topological polar surface area (TPSA) is 82.2 Å². The number of amides is 1. The van der Waals surface area contributed by atoms with Crippen molar-refractivity contribution in [1.82, 2.24) is 24.0 Å². The number of ether oxygens (including phenoxy) is 1. The zero-order valence-electron chi connectivity index (χ0n) is 16.3. The average molecular weight is 404 g/mol. The summed E-state index contributed by atoms with van der Waals surface area (Å²) < 4.78 is 8.74. The van der Waals surface area contributed by atoms with Gasteiger partial charge < -0.3 is 9.64 Å². The Balaban J connectivity index is 1.79. The second kappa shape index (κ2) is 6.48. The number of hydrogen-bond acceptors (Lipinski definition) is 5. The van der Waals surface area contributed by atoms with Crippen LogP contribution in [0.25, 0.3) is 22.1 Å². The van der Waals surface area contributed by atoms with Gasteiger partial charge in [-0.15, -0.1) is 0 Å². The molecule has 0 saturated carbocycles. The monoisotopic (exact) mass is 403 g/mol. The molecule has 0 unspecified atom stereocenters. The van der Waals surface area contributed by atoms with Crippen molar-refractivity contribution in [3.8, 4) is 0 Å². The lowest BCUT2D eigenvalue weighted by molar-refractivity contribution is 0.0289. The first-order valence-corrected chi connectivity index (χ1v) is 9.53. The van der Waals surface area contributed by atoms with Crippen molar-refractivity contribution in [2.75, 3.05) is 13.1 Å². The summed E-state index contributed by atoms with van der Waals surface area (Å²) in [6.45, 7) is 6.44. The highest BCUT2D eigenvalue weighted by molar-refractivity contribution is 6.30. The Hall–Kier alpha value is -2.61. The fourth-order valence-electron chi connectivity index (χ4n) is 3.65. The van der Waals surface area contributed by atoms with Gasteiger partial charge in [0.2, 0.25) is 0 Å². The molecule has 28 heavy (non-hydrogen) atoms. The van der Waals surface area contributed by atoms with E-state index in [2.05, 4.69) is 9.97 Å². The molecule has 1 saturated heterocycles. The van der Waals surface area contributed by atoms with Crippen molar-refractivity contribution >= 4 is 39.8 Å². The normalized spacial score (nSPS) is 17.6. The number of nitrogens with zero attached hydrogens (tertiary/aromatic N) is 5. The first-order chi connectivity index (χ1) is 13.2. The summed E-state index contributed by atoms with van der Waals surface area (Å²) in [6, 6.07) is 3.29. The maximum Gasteiger partial charge on any atom is 0.410 e. The number of aryl methyl sites for hydroxylation is 1. The molecule has 4 heterocycles. The molecule has 1 amide bonds. The van der Waals surface area contributed by atoms with Crippen LogP contribution in [0.5, 0.6) is 0 Å². The van der Waals surface area contributed by atoms with E-state index in [9.17, 15) is 9.59 Å². The summed E-state index contributed by atoms with van der Waals surface area (Å²) in [6.07, 6.45) is 1.96. The van der Waals surface area contributed by atoms with E-state index in [4.69, 9.17) is 16.3 Å². The second-order valence-electron chi connectivity index (χ2n) is 8.07. The van der Waals surface area contributed by atoms with Crippen molar-refractivity contribution in [2.45, 2.75) is 38.8 Å². The molecular formula is C19H22ClN5O3. The summed E-state index contributed by atoms with van der Waals surface area (Å²) in [5.74, 6) is 0. The van der Waals surface area contributed by atoms with Gasteiger partial charge in [-0.25, -0.2) is 14.6 Å². The molecule has 8 nitrogen and oxygen atoms in total. The summed E-state index contributed by atoms with van der Waals surface area (Å²) in [5, 5.41) is 0.339. The van der Waals surface area contributed by atoms with E-state index in [-0.39, 0.29) is 17.8 Å². The Morgan fingerprint density at radius 1 is 1.32 bits per heavy atom. The number of imidazole rings is 1. The summed E-state index contributed by atoms with van der Waals surface area (Å²) in [5.41, 5.74) is 1.89. The van der Waals surface area contributed by atoms with Crippen LogP contribution in [0.3, 0.4) is 0 Å². The van der Waals surface area contributed by atoms with Crippen molar-refractivity contribution in [3.05, 3.63) is 34.0 Å². The molecule has 0 aromatic carbocycles. The lowest BCUT2D eigenvalue weighted by atomic mass is 10.2. The highest BCUT2D eigenvalue weighted by Gasteiger charge is 2.33.